The number of carbonyl (C=O) groups excluding carboxylic acids is 1. The molecule has 26 heavy (non-hydrogen) atoms. The molecule has 0 spiro atoms. The van der Waals surface area contributed by atoms with Crippen LogP contribution in [0.3, 0.4) is 0 Å². The number of aliphatic hydroxyl groups is 3. The van der Waals surface area contributed by atoms with Crippen molar-refractivity contribution in [2.45, 2.75) is 63.8 Å². The van der Waals surface area contributed by atoms with Crippen molar-refractivity contribution >= 4 is 11.8 Å². The lowest BCUT2D eigenvalue weighted by atomic mass is 9.90. The molecule has 1 unspecified atom stereocenters. The lowest BCUT2D eigenvalue weighted by Gasteiger charge is -2.16. The maximum atomic E-state index is 12.1. The first-order valence-electron chi connectivity index (χ1n) is 9.10. The van der Waals surface area contributed by atoms with E-state index in [9.17, 15) is 19.8 Å². The van der Waals surface area contributed by atoms with Gasteiger partial charge in [0.15, 0.2) is 0 Å². The zero-order chi connectivity index (χ0) is 19.5. The van der Waals surface area contributed by atoms with E-state index in [2.05, 4.69) is 0 Å². The Morgan fingerprint density at radius 2 is 1.96 bits per heavy atom. The van der Waals surface area contributed by atoms with Crippen LogP contribution in [0, 0.1) is 11.8 Å². The van der Waals surface area contributed by atoms with Crippen LogP contribution in [-0.2, 0) is 9.59 Å². The van der Waals surface area contributed by atoms with Crippen molar-refractivity contribution in [1.29, 1.82) is 0 Å². The highest BCUT2D eigenvalue weighted by atomic mass is 16.4. The second-order valence-electron chi connectivity index (χ2n) is 6.77. The van der Waals surface area contributed by atoms with Gasteiger partial charge in [0.1, 0.15) is 5.78 Å². The molecule has 0 aromatic rings. The summed E-state index contributed by atoms with van der Waals surface area (Å²) in [6, 6.07) is 0. The van der Waals surface area contributed by atoms with Gasteiger partial charge in [-0.15, -0.1) is 0 Å². The van der Waals surface area contributed by atoms with Crippen molar-refractivity contribution in [2.24, 2.45) is 11.8 Å². The number of aliphatic hydroxyl groups excluding tert-OH is 3. The maximum Gasteiger partial charge on any atom is 0.303 e. The molecule has 0 amide bonds. The number of ketones is 1. The average Bonchev–Trinajstić information content (AvgIpc) is 2.81. The van der Waals surface area contributed by atoms with Crippen LogP contribution >= 0.6 is 0 Å². The molecule has 6 heteroatoms. The van der Waals surface area contributed by atoms with Gasteiger partial charge in [0.25, 0.3) is 0 Å². The fourth-order valence-electron chi connectivity index (χ4n) is 3.01. The van der Waals surface area contributed by atoms with Crippen molar-refractivity contribution in [3.8, 4) is 0 Å². The summed E-state index contributed by atoms with van der Waals surface area (Å²) in [4.78, 5) is 22.5. The number of unbranched alkanes of at least 4 members (excludes halogenated alkanes) is 1. The molecule has 4 N–H and O–H groups in total. The molecule has 1 aliphatic rings. The monoisotopic (exact) mass is 366 g/mol. The molecule has 1 saturated carbocycles. The van der Waals surface area contributed by atoms with Crippen LogP contribution in [0.5, 0.6) is 0 Å². The first-order valence-corrected chi connectivity index (χ1v) is 9.10. The number of hydrogen-bond acceptors (Lipinski definition) is 5. The van der Waals surface area contributed by atoms with Gasteiger partial charge < -0.3 is 20.4 Å². The van der Waals surface area contributed by atoms with Crippen molar-refractivity contribution < 1.29 is 30.0 Å². The number of hydrogen-bond donors (Lipinski definition) is 4. The van der Waals surface area contributed by atoms with E-state index < -0.39 is 24.3 Å². The molecule has 0 radical (unpaired) electrons. The smallest absolute Gasteiger partial charge is 0.303 e. The van der Waals surface area contributed by atoms with Crippen LogP contribution in [0.15, 0.2) is 36.5 Å². The number of Topliss-reactive ketones (excluding diaryl/α,β-unsaturated/α-hetero) is 1. The zero-order valence-corrected chi connectivity index (χ0v) is 15.2. The van der Waals surface area contributed by atoms with Crippen LogP contribution in [-0.4, -0.2) is 50.5 Å². The summed E-state index contributed by atoms with van der Waals surface area (Å²) in [7, 11) is 0. The molecule has 0 aromatic carbocycles. The Balaban J connectivity index is 2.53. The zero-order valence-electron chi connectivity index (χ0n) is 15.2. The number of allylic oxidation sites excluding steroid dienone is 2. The number of rotatable bonds is 11. The van der Waals surface area contributed by atoms with E-state index in [4.69, 9.17) is 10.2 Å². The third-order valence-corrected chi connectivity index (χ3v) is 4.40. The number of carboxylic acids is 1. The Bertz CT molecular complexity index is 534. The standard InChI is InChI=1S/C20H30O6/c1-14(21)7-6-8-15(22)11-12-17-16(18(23)13-19(17)24)9-4-2-3-5-10-20(25)26/h2,4,6-7,11-12,14-17,19,21-22,24H,3,5,8-10,13H2,1H3,(H,25,26)/b4-2-,7-6-,12-11+/t14?,15-,16+,17+,19+/m0/s1. The van der Waals surface area contributed by atoms with Crippen molar-refractivity contribution in [1.82, 2.24) is 0 Å². The molecule has 5 atom stereocenters. The highest BCUT2D eigenvalue weighted by Gasteiger charge is 2.39. The summed E-state index contributed by atoms with van der Waals surface area (Å²) >= 11 is 0. The Morgan fingerprint density at radius 3 is 2.62 bits per heavy atom. The molecule has 0 aliphatic heterocycles. The van der Waals surface area contributed by atoms with Gasteiger partial charge in [-0.2, -0.15) is 0 Å². The van der Waals surface area contributed by atoms with Gasteiger partial charge in [-0.3, -0.25) is 9.59 Å². The molecular weight excluding hydrogens is 336 g/mol. The summed E-state index contributed by atoms with van der Waals surface area (Å²) in [6.45, 7) is 1.62. The number of carbonyl (C=O) groups is 2. The summed E-state index contributed by atoms with van der Waals surface area (Å²) in [5.41, 5.74) is 0. The van der Waals surface area contributed by atoms with E-state index in [0.717, 1.165) is 0 Å². The Morgan fingerprint density at radius 1 is 1.23 bits per heavy atom. The van der Waals surface area contributed by atoms with E-state index in [1.165, 1.54) is 0 Å². The van der Waals surface area contributed by atoms with Gasteiger partial charge in [0, 0.05) is 24.7 Å². The van der Waals surface area contributed by atoms with Gasteiger partial charge in [-0.05, 0) is 32.6 Å². The summed E-state index contributed by atoms with van der Waals surface area (Å²) in [5, 5.41) is 37.8. The van der Waals surface area contributed by atoms with Gasteiger partial charge >= 0.3 is 5.97 Å². The van der Waals surface area contributed by atoms with E-state index in [1.807, 2.05) is 12.2 Å². The topological polar surface area (TPSA) is 115 Å². The number of carboxylic acid groups (broad SMARTS) is 1. The van der Waals surface area contributed by atoms with Crippen LogP contribution in [0.25, 0.3) is 0 Å². The van der Waals surface area contributed by atoms with Crippen molar-refractivity contribution in [2.75, 3.05) is 0 Å². The fraction of sp³-hybridized carbons (Fsp3) is 0.600. The van der Waals surface area contributed by atoms with Gasteiger partial charge in [-0.1, -0.05) is 36.5 Å². The van der Waals surface area contributed by atoms with Crippen LogP contribution in [0.1, 0.15) is 45.4 Å². The molecule has 0 heterocycles. The Kier molecular flexibility index (Phi) is 10.1. The van der Waals surface area contributed by atoms with Gasteiger partial charge in [0.05, 0.1) is 18.3 Å². The minimum Gasteiger partial charge on any atom is -0.481 e. The fourth-order valence-corrected chi connectivity index (χ4v) is 3.01. The molecule has 0 bridgehead atoms. The van der Waals surface area contributed by atoms with Crippen LogP contribution < -0.4 is 0 Å². The predicted molar refractivity (Wildman–Crippen MR) is 98.4 cm³/mol. The summed E-state index contributed by atoms with van der Waals surface area (Å²) < 4.78 is 0. The lowest BCUT2D eigenvalue weighted by molar-refractivity contribution is -0.137. The summed E-state index contributed by atoms with van der Waals surface area (Å²) in [6.07, 6.45) is 10.6. The Labute approximate surface area is 154 Å². The maximum absolute atomic E-state index is 12.1. The number of aliphatic carboxylic acids is 1. The Hall–Kier alpha value is -1.76. The molecule has 0 aromatic heterocycles. The van der Waals surface area contributed by atoms with Gasteiger partial charge in [-0.25, -0.2) is 0 Å². The van der Waals surface area contributed by atoms with E-state index in [-0.39, 0.29) is 30.5 Å². The lowest BCUT2D eigenvalue weighted by Crippen LogP contribution is -2.18. The minimum atomic E-state index is -0.820. The van der Waals surface area contributed by atoms with E-state index >= 15 is 0 Å². The average molecular weight is 366 g/mol. The molecule has 1 aliphatic carbocycles. The molecule has 6 nitrogen and oxygen atoms in total. The molecule has 0 saturated heterocycles. The second kappa shape index (κ2) is 11.8. The van der Waals surface area contributed by atoms with Crippen LogP contribution in [0.4, 0.5) is 0 Å². The van der Waals surface area contributed by atoms with Crippen molar-refractivity contribution in [3.05, 3.63) is 36.5 Å². The highest BCUT2D eigenvalue weighted by Crippen LogP contribution is 2.33. The summed E-state index contributed by atoms with van der Waals surface area (Å²) in [5.74, 6) is -1.47. The van der Waals surface area contributed by atoms with Gasteiger partial charge in [0.2, 0.25) is 0 Å². The molecule has 146 valence electrons. The third-order valence-electron chi connectivity index (χ3n) is 4.40. The van der Waals surface area contributed by atoms with Crippen molar-refractivity contribution in [3.63, 3.8) is 0 Å². The quantitative estimate of drug-likeness (QED) is 0.328. The predicted octanol–water partition coefficient (Wildman–Crippen LogP) is 2.00. The first kappa shape index (κ1) is 22.3. The minimum absolute atomic E-state index is 0.00540. The second-order valence-corrected chi connectivity index (χ2v) is 6.77. The van der Waals surface area contributed by atoms with Crippen LogP contribution in [0.2, 0.25) is 0 Å². The molecular formula is C20H30O6. The van der Waals surface area contributed by atoms with E-state index in [0.29, 0.717) is 25.7 Å². The first-order chi connectivity index (χ1) is 12.3. The SMILES string of the molecule is CC(O)/C=C\C[C@H](O)/C=C/[C@H]1[C@H](O)CC(=O)[C@@H]1C/C=C\CCCC(=O)O. The normalized spacial score (nSPS) is 26.3. The van der Waals surface area contributed by atoms with E-state index in [1.54, 1.807) is 31.2 Å². The highest BCUT2D eigenvalue weighted by molar-refractivity contribution is 5.84. The third kappa shape index (κ3) is 8.56. The molecule has 1 fully saturated rings. The largest absolute Gasteiger partial charge is 0.481 e. The molecule has 1 rings (SSSR count).